The van der Waals surface area contributed by atoms with Crippen LogP contribution in [0, 0.1) is 11.6 Å². The van der Waals surface area contributed by atoms with Gasteiger partial charge in [0.1, 0.15) is 18.2 Å². The number of hydrogen-bond acceptors (Lipinski definition) is 6. The van der Waals surface area contributed by atoms with Crippen LogP contribution in [0.4, 0.5) is 8.78 Å². The van der Waals surface area contributed by atoms with Crippen LogP contribution in [0.25, 0.3) is 0 Å². The van der Waals surface area contributed by atoms with Gasteiger partial charge in [0.15, 0.2) is 16.7 Å². The third kappa shape index (κ3) is 5.04. The predicted molar refractivity (Wildman–Crippen MR) is 99.3 cm³/mol. The normalized spacial score (nSPS) is 15.4. The number of ether oxygens (including phenoxy) is 2. The Bertz CT molecular complexity index is 919. The lowest BCUT2D eigenvalue weighted by Gasteiger charge is -2.11. The Kier molecular flexibility index (Phi) is 6.02. The Balaban J connectivity index is 1.72. The Morgan fingerprint density at radius 2 is 2.04 bits per heavy atom. The third-order valence-electron chi connectivity index (χ3n) is 3.52. The second-order valence-electron chi connectivity index (χ2n) is 5.42. The first kappa shape index (κ1) is 18.8. The van der Waals surface area contributed by atoms with Gasteiger partial charge in [0, 0.05) is 11.6 Å². The number of hydrogen-bond donors (Lipinski definition) is 1. The van der Waals surface area contributed by atoms with E-state index < -0.39 is 11.6 Å². The minimum atomic E-state index is -0.779. The average molecular weight is 391 g/mol. The standard InChI is InChI=1S/C18H15F2N3O3S/c1-25-15-4-2-11(8-21-23-18-22-17(24)10-27-18)6-12(15)9-26-16-5-3-13(19)7-14(16)20/h2-8H,9-10H2,1H3,(H,22,23,24). The average Bonchev–Trinajstić information content (AvgIpc) is 3.06. The zero-order valence-corrected chi connectivity index (χ0v) is 15.1. The van der Waals surface area contributed by atoms with Crippen molar-refractivity contribution in [1.82, 2.24) is 5.32 Å². The molecule has 0 bridgehead atoms. The number of halogens is 2. The summed E-state index contributed by atoms with van der Waals surface area (Å²) in [4.78, 5) is 11.1. The summed E-state index contributed by atoms with van der Waals surface area (Å²) in [6.45, 7) is 0.0217. The molecule has 2 aromatic carbocycles. The van der Waals surface area contributed by atoms with Gasteiger partial charge in [-0.25, -0.2) is 8.78 Å². The highest BCUT2D eigenvalue weighted by atomic mass is 32.2. The van der Waals surface area contributed by atoms with E-state index in [1.54, 1.807) is 18.2 Å². The summed E-state index contributed by atoms with van der Waals surface area (Å²) in [6, 6.07) is 8.36. The smallest absolute Gasteiger partial charge is 0.236 e. The Hall–Kier alpha value is -2.94. The van der Waals surface area contributed by atoms with Crippen LogP contribution >= 0.6 is 11.8 Å². The zero-order valence-electron chi connectivity index (χ0n) is 14.2. The van der Waals surface area contributed by atoms with Crippen molar-refractivity contribution < 1.29 is 23.0 Å². The lowest BCUT2D eigenvalue weighted by atomic mass is 10.1. The molecule has 0 unspecified atom stereocenters. The third-order valence-corrected chi connectivity index (χ3v) is 4.39. The summed E-state index contributed by atoms with van der Waals surface area (Å²) in [5.41, 5.74) is 1.37. The maximum atomic E-state index is 13.7. The zero-order chi connectivity index (χ0) is 19.2. The molecular weight excluding hydrogens is 376 g/mol. The van der Waals surface area contributed by atoms with E-state index in [0.29, 0.717) is 27.8 Å². The molecule has 1 fully saturated rings. The van der Waals surface area contributed by atoms with Crippen molar-refractivity contribution in [3.63, 3.8) is 0 Å². The number of benzene rings is 2. The minimum absolute atomic E-state index is 0.0217. The van der Waals surface area contributed by atoms with Gasteiger partial charge >= 0.3 is 0 Å². The maximum absolute atomic E-state index is 13.7. The van der Waals surface area contributed by atoms with Crippen LogP contribution in [0.5, 0.6) is 11.5 Å². The van der Waals surface area contributed by atoms with Crippen LogP contribution in [0.15, 0.2) is 46.6 Å². The fourth-order valence-electron chi connectivity index (χ4n) is 2.27. The molecule has 0 aliphatic carbocycles. The van der Waals surface area contributed by atoms with Gasteiger partial charge < -0.3 is 14.8 Å². The summed E-state index contributed by atoms with van der Waals surface area (Å²) in [5, 5.41) is 10.9. The molecule has 1 N–H and O–H groups in total. The summed E-state index contributed by atoms with van der Waals surface area (Å²) in [7, 11) is 1.51. The molecule has 1 heterocycles. The van der Waals surface area contributed by atoms with Gasteiger partial charge in [-0.1, -0.05) is 11.8 Å². The van der Waals surface area contributed by atoms with E-state index >= 15 is 0 Å². The van der Waals surface area contributed by atoms with E-state index in [1.807, 2.05) is 0 Å². The first-order chi connectivity index (χ1) is 13.0. The van der Waals surface area contributed by atoms with Crippen LogP contribution in [-0.4, -0.2) is 30.2 Å². The highest BCUT2D eigenvalue weighted by Crippen LogP contribution is 2.24. The van der Waals surface area contributed by atoms with E-state index in [4.69, 9.17) is 9.47 Å². The van der Waals surface area contributed by atoms with Crippen molar-refractivity contribution in [1.29, 1.82) is 0 Å². The van der Waals surface area contributed by atoms with Crippen molar-refractivity contribution >= 4 is 29.1 Å². The van der Waals surface area contributed by atoms with Crippen LogP contribution in [0.1, 0.15) is 11.1 Å². The van der Waals surface area contributed by atoms with Gasteiger partial charge in [-0.15, -0.1) is 5.10 Å². The number of amidine groups is 1. The molecule has 6 nitrogen and oxygen atoms in total. The number of carbonyl (C=O) groups excluding carboxylic acids is 1. The van der Waals surface area contributed by atoms with E-state index in [1.165, 1.54) is 31.2 Å². The summed E-state index contributed by atoms with van der Waals surface area (Å²) < 4.78 is 37.4. The largest absolute Gasteiger partial charge is 0.496 e. The number of rotatable bonds is 6. The van der Waals surface area contributed by atoms with Crippen molar-refractivity contribution in [2.24, 2.45) is 10.2 Å². The second-order valence-corrected chi connectivity index (χ2v) is 6.39. The van der Waals surface area contributed by atoms with E-state index in [-0.39, 0.29) is 18.3 Å². The van der Waals surface area contributed by atoms with E-state index in [2.05, 4.69) is 15.5 Å². The van der Waals surface area contributed by atoms with Gasteiger partial charge in [0.2, 0.25) is 5.91 Å². The number of amides is 1. The van der Waals surface area contributed by atoms with Crippen LogP contribution in [-0.2, 0) is 11.4 Å². The van der Waals surface area contributed by atoms with Crippen LogP contribution < -0.4 is 14.8 Å². The van der Waals surface area contributed by atoms with Crippen molar-refractivity contribution in [2.75, 3.05) is 12.9 Å². The van der Waals surface area contributed by atoms with E-state index in [9.17, 15) is 13.6 Å². The van der Waals surface area contributed by atoms with Crippen LogP contribution in [0.3, 0.4) is 0 Å². The first-order valence-electron chi connectivity index (χ1n) is 7.83. The number of thioether (sulfide) groups is 1. The highest BCUT2D eigenvalue weighted by molar-refractivity contribution is 8.15. The monoisotopic (exact) mass is 391 g/mol. The Morgan fingerprint density at radius 1 is 1.22 bits per heavy atom. The number of nitrogens with one attached hydrogen (secondary N) is 1. The molecule has 0 aromatic heterocycles. The summed E-state index contributed by atoms with van der Waals surface area (Å²) in [6.07, 6.45) is 1.51. The molecule has 9 heteroatoms. The molecule has 0 atom stereocenters. The Morgan fingerprint density at radius 3 is 2.74 bits per heavy atom. The fraction of sp³-hybridized carbons (Fsp3) is 0.167. The minimum Gasteiger partial charge on any atom is -0.496 e. The van der Waals surface area contributed by atoms with Crippen LogP contribution in [0.2, 0.25) is 0 Å². The molecule has 1 saturated heterocycles. The predicted octanol–water partition coefficient (Wildman–Crippen LogP) is 3.11. The number of carbonyl (C=O) groups is 1. The molecule has 140 valence electrons. The van der Waals surface area contributed by atoms with Gasteiger partial charge in [-0.2, -0.15) is 5.10 Å². The molecule has 1 amide bonds. The Labute approximate surface area is 158 Å². The number of methoxy groups -OCH3 is 1. The molecular formula is C18H15F2N3O3S. The molecule has 1 aliphatic heterocycles. The first-order valence-corrected chi connectivity index (χ1v) is 8.82. The van der Waals surface area contributed by atoms with Gasteiger partial charge in [-0.05, 0) is 35.9 Å². The summed E-state index contributed by atoms with van der Waals surface area (Å²) in [5.74, 6) is -0.728. The molecule has 1 aliphatic rings. The maximum Gasteiger partial charge on any atom is 0.236 e. The molecule has 3 rings (SSSR count). The van der Waals surface area contributed by atoms with Crippen molar-refractivity contribution in [2.45, 2.75) is 6.61 Å². The molecule has 0 spiro atoms. The molecule has 2 aromatic rings. The lowest BCUT2D eigenvalue weighted by Crippen LogP contribution is -2.19. The van der Waals surface area contributed by atoms with E-state index in [0.717, 1.165) is 12.1 Å². The quantitative estimate of drug-likeness (QED) is 0.607. The fourth-order valence-corrected chi connectivity index (χ4v) is 2.90. The number of nitrogens with zero attached hydrogens (tertiary/aromatic N) is 2. The molecule has 27 heavy (non-hydrogen) atoms. The van der Waals surface area contributed by atoms with Crippen molar-refractivity contribution in [3.8, 4) is 11.5 Å². The summed E-state index contributed by atoms with van der Waals surface area (Å²) >= 11 is 1.28. The van der Waals surface area contributed by atoms with Gasteiger partial charge in [0.05, 0.1) is 19.1 Å². The van der Waals surface area contributed by atoms with Gasteiger partial charge in [0.25, 0.3) is 0 Å². The second kappa shape index (κ2) is 8.63. The topological polar surface area (TPSA) is 72.3 Å². The SMILES string of the molecule is COc1ccc(C=NN=C2NC(=O)CS2)cc1COc1ccc(F)cc1F. The van der Waals surface area contributed by atoms with Gasteiger partial charge in [-0.3, -0.25) is 4.79 Å². The van der Waals surface area contributed by atoms with Crippen molar-refractivity contribution in [3.05, 3.63) is 59.2 Å². The highest BCUT2D eigenvalue weighted by Gasteiger charge is 2.16. The molecule has 0 radical (unpaired) electrons. The lowest BCUT2D eigenvalue weighted by molar-refractivity contribution is -0.116. The molecule has 0 saturated carbocycles.